The van der Waals surface area contributed by atoms with Crippen molar-refractivity contribution >= 4 is 5.97 Å². The molecular formula is C9H13F2NO2. The van der Waals surface area contributed by atoms with Crippen molar-refractivity contribution < 1.29 is 18.3 Å². The van der Waals surface area contributed by atoms with Crippen LogP contribution in [0.2, 0.25) is 0 Å². The summed E-state index contributed by atoms with van der Waals surface area (Å²) in [6.07, 6.45) is 0.454. The lowest BCUT2D eigenvalue weighted by Gasteiger charge is -2.18. The molecule has 2 rings (SSSR count). The SMILES string of the molecule is CCOC(=O)C1CCNC2C1C2(F)F. The first kappa shape index (κ1) is 9.83. The van der Waals surface area contributed by atoms with Crippen molar-refractivity contribution in [3.05, 3.63) is 0 Å². The molecule has 0 radical (unpaired) electrons. The minimum Gasteiger partial charge on any atom is -0.466 e. The molecule has 1 aliphatic carbocycles. The van der Waals surface area contributed by atoms with Crippen molar-refractivity contribution in [3.8, 4) is 0 Å². The Kier molecular flexibility index (Phi) is 2.21. The van der Waals surface area contributed by atoms with Gasteiger partial charge in [-0.05, 0) is 19.9 Å². The molecular weight excluding hydrogens is 192 g/mol. The molecule has 1 N–H and O–H groups in total. The van der Waals surface area contributed by atoms with Gasteiger partial charge in [-0.1, -0.05) is 0 Å². The Hall–Kier alpha value is -0.710. The number of rotatable bonds is 2. The van der Waals surface area contributed by atoms with Crippen LogP contribution in [0.15, 0.2) is 0 Å². The number of nitrogens with one attached hydrogen (secondary N) is 1. The van der Waals surface area contributed by atoms with Crippen molar-refractivity contribution in [2.75, 3.05) is 13.2 Å². The van der Waals surface area contributed by atoms with Gasteiger partial charge in [0.2, 0.25) is 0 Å². The van der Waals surface area contributed by atoms with E-state index in [-0.39, 0.29) is 6.61 Å². The van der Waals surface area contributed by atoms with E-state index in [0.717, 1.165) is 0 Å². The number of hydrogen-bond acceptors (Lipinski definition) is 3. The number of fused-ring (bicyclic) bond motifs is 1. The van der Waals surface area contributed by atoms with Gasteiger partial charge in [0.05, 0.1) is 24.5 Å². The van der Waals surface area contributed by atoms with Gasteiger partial charge in [-0.15, -0.1) is 0 Å². The molecule has 0 bridgehead atoms. The Morgan fingerprint density at radius 2 is 2.36 bits per heavy atom. The molecule has 0 aromatic carbocycles. The van der Waals surface area contributed by atoms with Crippen LogP contribution in [-0.2, 0) is 9.53 Å². The standard InChI is InChI=1S/C9H13F2NO2/c1-2-14-8(13)5-3-4-12-7-6(5)9(7,10)11/h5-7,12H,2-4H2,1H3. The quantitative estimate of drug-likeness (QED) is 0.677. The molecule has 1 saturated heterocycles. The lowest BCUT2D eigenvalue weighted by molar-refractivity contribution is -0.150. The molecule has 3 nitrogen and oxygen atoms in total. The monoisotopic (exact) mass is 205 g/mol. The van der Waals surface area contributed by atoms with Crippen LogP contribution < -0.4 is 5.32 Å². The third kappa shape index (κ3) is 1.30. The average Bonchev–Trinajstić information content (AvgIpc) is 2.71. The van der Waals surface area contributed by atoms with Crippen LogP contribution in [0.3, 0.4) is 0 Å². The predicted octanol–water partition coefficient (Wildman–Crippen LogP) is 0.793. The van der Waals surface area contributed by atoms with Gasteiger partial charge in [-0.25, -0.2) is 8.78 Å². The van der Waals surface area contributed by atoms with Gasteiger partial charge in [0.25, 0.3) is 5.92 Å². The number of carbonyl (C=O) groups excluding carboxylic acids is 1. The van der Waals surface area contributed by atoms with Gasteiger partial charge in [0.15, 0.2) is 0 Å². The first-order valence-electron chi connectivity index (χ1n) is 4.87. The normalized spacial score (nSPS) is 38.6. The van der Waals surface area contributed by atoms with E-state index in [0.29, 0.717) is 13.0 Å². The number of esters is 1. The molecule has 80 valence electrons. The third-order valence-corrected chi connectivity index (χ3v) is 2.95. The van der Waals surface area contributed by atoms with Crippen LogP contribution in [0.1, 0.15) is 13.3 Å². The number of piperidine rings is 1. The lowest BCUT2D eigenvalue weighted by Crippen LogP contribution is -2.34. The van der Waals surface area contributed by atoms with E-state index in [1.807, 2.05) is 0 Å². The molecule has 0 aromatic rings. The highest BCUT2D eigenvalue weighted by Gasteiger charge is 2.73. The van der Waals surface area contributed by atoms with Gasteiger partial charge >= 0.3 is 5.97 Å². The minimum absolute atomic E-state index is 0.256. The number of ether oxygens (including phenoxy) is 1. The minimum atomic E-state index is -2.71. The highest BCUT2D eigenvalue weighted by atomic mass is 19.3. The van der Waals surface area contributed by atoms with Crippen molar-refractivity contribution in [2.24, 2.45) is 11.8 Å². The van der Waals surface area contributed by atoms with Crippen LogP contribution in [0.4, 0.5) is 8.78 Å². The van der Waals surface area contributed by atoms with Crippen LogP contribution in [0.5, 0.6) is 0 Å². The second kappa shape index (κ2) is 3.15. The maximum absolute atomic E-state index is 13.1. The largest absolute Gasteiger partial charge is 0.466 e. The predicted molar refractivity (Wildman–Crippen MR) is 45.0 cm³/mol. The summed E-state index contributed by atoms with van der Waals surface area (Å²) in [5.74, 6) is -4.64. The summed E-state index contributed by atoms with van der Waals surface area (Å²) in [5.41, 5.74) is 0. The second-order valence-electron chi connectivity index (χ2n) is 3.78. The van der Waals surface area contributed by atoms with E-state index >= 15 is 0 Å². The summed E-state index contributed by atoms with van der Waals surface area (Å²) in [6.45, 7) is 2.41. The zero-order valence-electron chi connectivity index (χ0n) is 7.93. The van der Waals surface area contributed by atoms with E-state index < -0.39 is 29.8 Å². The van der Waals surface area contributed by atoms with Crippen molar-refractivity contribution in [2.45, 2.75) is 25.3 Å². The summed E-state index contributed by atoms with van der Waals surface area (Å²) in [6, 6.07) is -0.800. The Bertz CT molecular complexity index is 257. The van der Waals surface area contributed by atoms with Crippen LogP contribution >= 0.6 is 0 Å². The zero-order valence-corrected chi connectivity index (χ0v) is 7.93. The maximum Gasteiger partial charge on any atom is 0.309 e. The molecule has 3 atom stereocenters. The molecule has 1 saturated carbocycles. The topological polar surface area (TPSA) is 38.3 Å². The third-order valence-electron chi connectivity index (χ3n) is 2.95. The van der Waals surface area contributed by atoms with Crippen LogP contribution in [0, 0.1) is 11.8 Å². The van der Waals surface area contributed by atoms with Gasteiger partial charge in [0.1, 0.15) is 0 Å². The summed E-state index contributed by atoms with van der Waals surface area (Å²) in [7, 11) is 0. The maximum atomic E-state index is 13.1. The fraction of sp³-hybridized carbons (Fsp3) is 0.889. The molecule has 2 aliphatic rings. The number of halogens is 2. The number of hydrogen-bond donors (Lipinski definition) is 1. The Balaban J connectivity index is 2.03. The highest BCUT2D eigenvalue weighted by Crippen LogP contribution is 2.55. The Morgan fingerprint density at radius 1 is 1.64 bits per heavy atom. The van der Waals surface area contributed by atoms with Crippen molar-refractivity contribution in [3.63, 3.8) is 0 Å². The molecule has 1 heterocycles. The molecule has 14 heavy (non-hydrogen) atoms. The molecule has 0 aromatic heterocycles. The van der Waals surface area contributed by atoms with Gasteiger partial charge in [-0.3, -0.25) is 4.79 Å². The van der Waals surface area contributed by atoms with Gasteiger partial charge in [0, 0.05) is 0 Å². The average molecular weight is 205 g/mol. The molecule has 2 fully saturated rings. The molecule has 0 amide bonds. The van der Waals surface area contributed by atoms with E-state index in [4.69, 9.17) is 4.74 Å². The van der Waals surface area contributed by atoms with E-state index in [9.17, 15) is 13.6 Å². The smallest absolute Gasteiger partial charge is 0.309 e. The van der Waals surface area contributed by atoms with Crippen LogP contribution in [-0.4, -0.2) is 31.1 Å². The Labute approximate surface area is 80.8 Å². The fourth-order valence-electron chi connectivity index (χ4n) is 2.20. The first-order chi connectivity index (χ1) is 6.59. The first-order valence-corrected chi connectivity index (χ1v) is 4.87. The summed E-state index contributed by atoms with van der Waals surface area (Å²) < 4.78 is 30.9. The van der Waals surface area contributed by atoms with Crippen molar-refractivity contribution in [1.82, 2.24) is 5.32 Å². The van der Waals surface area contributed by atoms with Gasteiger partial charge in [-0.2, -0.15) is 0 Å². The molecule has 3 unspecified atom stereocenters. The van der Waals surface area contributed by atoms with E-state index in [1.165, 1.54) is 0 Å². The van der Waals surface area contributed by atoms with E-state index in [2.05, 4.69) is 5.32 Å². The lowest BCUT2D eigenvalue weighted by atomic mass is 9.97. The second-order valence-corrected chi connectivity index (χ2v) is 3.78. The summed E-state index contributed by atoms with van der Waals surface area (Å²) >= 11 is 0. The Morgan fingerprint density at radius 3 is 3.00 bits per heavy atom. The molecule has 5 heteroatoms. The highest BCUT2D eigenvalue weighted by molar-refractivity contribution is 5.74. The molecule has 1 aliphatic heterocycles. The van der Waals surface area contributed by atoms with Gasteiger partial charge < -0.3 is 10.1 Å². The summed E-state index contributed by atoms with van der Waals surface area (Å²) in [4.78, 5) is 11.3. The van der Waals surface area contributed by atoms with E-state index in [1.54, 1.807) is 6.92 Å². The summed E-state index contributed by atoms with van der Waals surface area (Å²) in [5, 5.41) is 2.72. The van der Waals surface area contributed by atoms with Crippen molar-refractivity contribution in [1.29, 1.82) is 0 Å². The number of carbonyl (C=O) groups is 1. The van der Waals surface area contributed by atoms with Crippen LogP contribution in [0.25, 0.3) is 0 Å². The number of alkyl halides is 2. The molecule has 0 spiro atoms. The fourth-order valence-corrected chi connectivity index (χ4v) is 2.20. The zero-order chi connectivity index (χ0) is 10.3.